The van der Waals surface area contributed by atoms with Crippen molar-refractivity contribution < 1.29 is 23.2 Å². The Labute approximate surface area is 49.5 Å². The minimum atomic E-state index is 0.142. The van der Waals surface area contributed by atoms with E-state index >= 15 is 0 Å². The van der Waals surface area contributed by atoms with Crippen LogP contribution in [0.3, 0.4) is 0 Å². The maximum absolute atomic E-state index is 2.33. The molecule has 0 N–H and O–H groups in total. The molecule has 1 aliphatic rings. The number of allylic oxidation sites excluding steroid dienone is 3. The summed E-state index contributed by atoms with van der Waals surface area (Å²) in [6.07, 6.45) is 6.53. The molecule has 0 atom stereocenters. The Hall–Kier alpha value is 0.363. The van der Waals surface area contributed by atoms with Crippen LogP contribution in [0.4, 0.5) is 0 Å². The van der Waals surface area contributed by atoms with Gasteiger partial charge in [-0.1, -0.05) is 0 Å². The first-order valence-electron chi connectivity index (χ1n) is 1.89. The normalized spacial score (nSPS) is 18.7. The van der Waals surface area contributed by atoms with Crippen LogP contribution in [-0.4, -0.2) is 0 Å². The zero-order valence-corrected chi connectivity index (χ0v) is 6.33. The van der Waals surface area contributed by atoms with E-state index in [2.05, 4.69) is 22.0 Å². The van der Waals surface area contributed by atoms with Crippen LogP contribution in [0.15, 0.2) is 22.0 Å². The first-order valence-corrected chi connectivity index (χ1v) is 5.67. The molecule has 0 aromatic heterocycles. The van der Waals surface area contributed by atoms with Gasteiger partial charge in [0.2, 0.25) is 0 Å². The van der Waals surface area contributed by atoms with Crippen molar-refractivity contribution in [1.29, 1.82) is 0 Å². The van der Waals surface area contributed by atoms with Gasteiger partial charge in [0, 0.05) is 0 Å². The Bertz CT molecular complexity index is 69.9. The van der Waals surface area contributed by atoms with E-state index in [0.717, 1.165) is 0 Å². The molecule has 0 saturated carbocycles. The van der Waals surface area contributed by atoms with E-state index in [9.17, 15) is 0 Å². The average Bonchev–Trinajstić information content (AvgIpc) is 1.72. The number of hydrogen-bond acceptors (Lipinski definition) is 0. The molecule has 0 saturated heterocycles. The Kier molecular flexibility index (Phi) is 1.90. The van der Waals surface area contributed by atoms with Crippen molar-refractivity contribution in [2.24, 2.45) is 0 Å². The van der Waals surface area contributed by atoms with Gasteiger partial charge in [-0.05, 0) is 0 Å². The van der Waals surface area contributed by atoms with Gasteiger partial charge in [-0.15, -0.1) is 0 Å². The van der Waals surface area contributed by atoms with Gasteiger partial charge in [0.05, 0.1) is 0 Å². The summed E-state index contributed by atoms with van der Waals surface area (Å²) >= 11 is 0.142. The SMILES string of the molecule is C1=CC[At]C=C1. The van der Waals surface area contributed by atoms with Crippen molar-refractivity contribution in [1.82, 2.24) is 0 Å². The Morgan fingerprint density at radius 3 is 2.50 bits per heavy atom. The summed E-state index contributed by atoms with van der Waals surface area (Å²) < 4.78 is 3.72. The summed E-state index contributed by atoms with van der Waals surface area (Å²) in [6.45, 7) is 0. The van der Waals surface area contributed by atoms with E-state index in [1.165, 1.54) is 4.13 Å². The molecule has 0 nitrogen and oxygen atoms in total. The molecule has 0 amide bonds. The van der Waals surface area contributed by atoms with E-state index in [-0.39, 0.29) is 23.2 Å². The van der Waals surface area contributed by atoms with Gasteiger partial charge in [-0.2, -0.15) is 0 Å². The van der Waals surface area contributed by atoms with Crippen molar-refractivity contribution in [3.05, 3.63) is 22.0 Å². The summed E-state index contributed by atoms with van der Waals surface area (Å²) in [7, 11) is 0. The van der Waals surface area contributed by atoms with E-state index in [0.29, 0.717) is 0 Å². The van der Waals surface area contributed by atoms with Gasteiger partial charge >= 0.3 is 49.4 Å². The van der Waals surface area contributed by atoms with Crippen LogP contribution < -0.4 is 0 Å². The molecule has 0 bridgehead atoms. The molecule has 0 spiro atoms. The molecule has 1 radical (unpaired) electrons. The Morgan fingerprint density at radius 1 is 1.33 bits per heavy atom. The predicted octanol–water partition coefficient (Wildman–Crippen LogP) is 1.57. The molecule has 1 aliphatic heterocycles. The van der Waals surface area contributed by atoms with Gasteiger partial charge in [-0.25, -0.2) is 0 Å². The maximum atomic E-state index is 2.33. The summed E-state index contributed by atoms with van der Waals surface area (Å²) in [4.78, 5) is 0. The monoisotopic (exact) mass is 276 g/mol. The quantitative estimate of drug-likeness (QED) is 0.630. The van der Waals surface area contributed by atoms with Gasteiger partial charge in [0.1, 0.15) is 0 Å². The van der Waals surface area contributed by atoms with Crippen molar-refractivity contribution in [3.8, 4) is 0 Å². The van der Waals surface area contributed by atoms with Crippen molar-refractivity contribution in [2.45, 2.75) is 4.13 Å². The van der Waals surface area contributed by atoms with Gasteiger partial charge in [0.25, 0.3) is 0 Å². The van der Waals surface area contributed by atoms with Crippen LogP contribution >= 0.6 is 0 Å². The number of hydrogen-bond donors (Lipinski definition) is 0. The van der Waals surface area contributed by atoms with Gasteiger partial charge in [-0.3, -0.25) is 0 Å². The minimum absolute atomic E-state index is 0.142. The van der Waals surface area contributed by atoms with Gasteiger partial charge in [0.15, 0.2) is 0 Å². The van der Waals surface area contributed by atoms with E-state index in [1.54, 1.807) is 0 Å². The van der Waals surface area contributed by atoms with Crippen LogP contribution in [-0.2, 0) is 0 Å². The van der Waals surface area contributed by atoms with Crippen LogP contribution in [0.25, 0.3) is 0 Å². The third kappa shape index (κ3) is 1.22. The zero-order valence-electron chi connectivity index (χ0n) is 3.39. The fourth-order valence-electron chi connectivity index (χ4n) is 0.326. The van der Waals surface area contributed by atoms with Crippen LogP contribution in [0.1, 0.15) is 0 Å². The first kappa shape index (κ1) is 4.52. The predicted molar refractivity (Wildman–Crippen MR) is 23.1 cm³/mol. The van der Waals surface area contributed by atoms with Crippen LogP contribution in [0, 0.1) is 23.2 Å². The molecule has 0 aromatic carbocycles. The fraction of sp³-hybridized carbons (Fsp3) is 0.200. The van der Waals surface area contributed by atoms with E-state index in [1.807, 2.05) is 0 Å². The first-order chi connectivity index (χ1) is 3.00. The summed E-state index contributed by atoms with van der Waals surface area (Å²) in [5.74, 6) is 0. The number of rotatable bonds is 0. The Balaban J connectivity index is 2.46. The van der Waals surface area contributed by atoms with Crippen molar-refractivity contribution >= 4 is 0 Å². The summed E-state index contributed by atoms with van der Waals surface area (Å²) in [5.41, 5.74) is 0. The van der Waals surface area contributed by atoms with Crippen molar-refractivity contribution in [2.75, 3.05) is 0 Å². The third-order valence-corrected chi connectivity index (χ3v) is 3.23. The summed E-state index contributed by atoms with van der Waals surface area (Å²) in [5, 5.41) is 0. The van der Waals surface area contributed by atoms with Crippen molar-refractivity contribution in [3.63, 3.8) is 0 Å². The standard InChI is InChI=1S/C5H6At/c1-2-4-6-5-3-1/h1-4H,5H2. The molecule has 0 aromatic rings. The molecular weight excluding hydrogens is 270 g/mol. The molecule has 6 heavy (non-hydrogen) atoms. The van der Waals surface area contributed by atoms with E-state index < -0.39 is 0 Å². The summed E-state index contributed by atoms with van der Waals surface area (Å²) in [6, 6.07) is 0. The molecule has 33 valence electrons. The average molecular weight is 276 g/mol. The topological polar surface area (TPSA) is 0 Å². The zero-order chi connectivity index (χ0) is 4.24. The second-order valence-electron chi connectivity index (χ2n) is 1.06. The molecule has 1 rings (SSSR count). The molecular formula is C5H6At. The van der Waals surface area contributed by atoms with E-state index in [4.69, 9.17) is 0 Å². The van der Waals surface area contributed by atoms with Gasteiger partial charge < -0.3 is 0 Å². The molecule has 1 heteroatoms. The second-order valence-corrected chi connectivity index (χ2v) is 4.43. The molecule has 0 aliphatic carbocycles. The van der Waals surface area contributed by atoms with Crippen LogP contribution in [0.2, 0.25) is 4.13 Å². The molecule has 1 heterocycles. The third-order valence-electron chi connectivity index (χ3n) is 0.587. The Morgan fingerprint density at radius 2 is 2.33 bits per heavy atom. The fourth-order valence-corrected chi connectivity index (χ4v) is 2.25. The van der Waals surface area contributed by atoms with Crippen LogP contribution in [0.5, 0.6) is 0 Å². The second kappa shape index (κ2) is 2.52. The molecule has 0 unspecified atom stereocenters. The molecule has 0 fully saturated rings.